The van der Waals surface area contributed by atoms with Gasteiger partial charge in [0.25, 0.3) is 0 Å². The fraction of sp³-hybridized carbons (Fsp3) is 0.111. The third kappa shape index (κ3) is 3.60. The first-order chi connectivity index (χ1) is 11.7. The van der Waals surface area contributed by atoms with E-state index >= 15 is 0 Å². The van der Waals surface area contributed by atoms with Crippen molar-refractivity contribution in [1.82, 2.24) is 4.98 Å². The van der Waals surface area contributed by atoms with E-state index in [2.05, 4.69) is 9.72 Å². The van der Waals surface area contributed by atoms with E-state index < -0.39 is 5.97 Å². The number of hydrogen-bond donors (Lipinski definition) is 0. The highest BCUT2D eigenvalue weighted by Gasteiger charge is 2.09. The number of halogens is 1. The van der Waals surface area contributed by atoms with Gasteiger partial charge >= 0.3 is 5.97 Å². The second kappa shape index (κ2) is 6.95. The standard InChI is InChI=1S/C18H14FNO4/c1-22-18(21)13-3-2-4-16(9-13)23-10-15-11-24-17(20-15)12-5-7-14(19)8-6-12/h2-9,11H,10H2,1H3. The van der Waals surface area contributed by atoms with Crippen molar-refractivity contribution in [3.63, 3.8) is 0 Å². The summed E-state index contributed by atoms with van der Waals surface area (Å²) in [5.74, 6) is 0.154. The Hall–Kier alpha value is -3.15. The van der Waals surface area contributed by atoms with Crippen LogP contribution in [-0.2, 0) is 11.3 Å². The third-order valence-corrected chi connectivity index (χ3v) is 3.28. The molecule has 0 unspecified atom stereocenters. The van der Waals surface area contributed by atoms with Gasteiger partial charge in [-0.3, -0.25) is 0 Å². The highest BCUT2D eigenvalue weighted by molar-refractivity contribution is 5.89. The van der Waals surface area contributed by atoms with Crippen LogP contribution >= 0.6 is 0 Å². The van der Waals surface area contributed by atoms with Gasteiger partial charge in [0.15, 0.2) is 0 Å². The largest absolute Gasteiger partial charge is 0.487 e. The van der Waals surface area contributed by atoms with Gasteiger partial charge in [-0.1, -0.05) is 6.07 Å². The Morgan fingerprint density at radius 3 is 2.75 bits per heavy atom. The van der Waals surface area contributed by atoms with Crippen molar-refractivity contribution in [2.45, 2.75) is 6.61 Å². The Labute approximate surface area is 137 Å². The number of nitrogens with zero attached hydrogens (tertiary/aromatic N) is 1. The summed E-state index contributed by atoms with van der Waals surface area (Å²) >= 11 is 0. The monoisotopic (exact) mass is 327 g/mol. The summed E-state index contributed by atoms with van der Waals surface area (Å²) in [5.41, 5.74) is 1.66. The summed E-state index contributed by atoms with van der Waals surface area (Å²) in [6, 6.07) is 12.5. The molecule has 0 bridgehead atoms. The molecule has 6 heteroatoms. The minimum absolute atomic E-state index is 0.176. The van der Waals surface area contributed by atoms with Crippen LogP contribution in [0.4, 0.5) is 4.39 Å². The zero-order valence-corrected chi connectivity index (χ0v) is 12.9. The zero-order valence-electron chi connectivity index (χ0n) is 12.9. The Kier molecular flexibility index (Phi) is 4.56. The van der Waals surface area contributed by atoms with Crippen molar-refractivity contribution in [2.24, 2.45) is 0 Å². The Balaban J connectivity index is 1.67. The molecule has 0 aliphatic carbocycles. The highest BCUT2D eigenvalue weighted by Crippen LogP contribution is 2.20. The topological polar surface area (TPSA) is 61.6 Å². The molecule has 0 saturated heterocycles. The van der Waals surface area contributed by atoms with Crippen LogP contribution in [0.3, 0.4) is 0 Å². The number of esters is 1. The van der Waals surface area contributed by atoms with Gasteiger partial charge in [0.1, 0.15) is 30.1 Å². The SMILES string of the molecule is COC(=O)c1cccc(OCc2coc(-c3ccc(F)cc3)n2)c1. The minimum atomic E-state index is -0.430. The molecule has 0 spiro atoms. The number of benzene rings is 2. The van der Waals surface area contributed by atoms with Crippen molar-refractivity contribution < 1.29 is 23.1 Å². The van der Waals surface area contributed by atoms with Crippen molar-refractivity contribution in [3.05, 3.63) is 71.9 Å². The van der Waals surface area contributed by atoms with Crippen LogP contribution < -0.4 is 4.74 Å². The van der Waals surface area contributed by atoms with Gasteiger partial charge in [-0.2, -0.15) is 0 Å². The molecular weight excluding hydrogens is 313 g/mol. The molecule has 0 saturated carbocycles. The Bertz CT molecular complexity index is 842. The zero-order chi connectivity index (χ0) is 16.9. The van der Waals surface area contributed by atoms with E-state index in [4.69, 9.17) is 9.15 Å². The number of methoxy groups -OCH3 is 1. The van der Waals surface area contributed by atoms with Gasteiger partial charge in [-0.25, -0.2) is 14.2 Å². The van der Waals surface area contributed by atoms with Gasteiger partial charge in [0, 0.05) is 5.56 Å². The van der Waals surface area contributed by atoms with Crippen LogP contribution in [0.1, 0.15) is 16.1 Å². The van der Waals surface area contributed by atoms with E-state index in [1.54, 1.807) is 36.4 Å². The highest BCUT2D eigenvalue weighted by atomic mass is 19.1. The fourth-order valence-corrected chi connectivity index (χ4v) is 2.09. The number of carbonyl (C=O) groups is 1. The lowest BCUT2D eigenvalue weighted by Crippen LogP contribution is -2.02. The molecule has 0 amide bonds. The molecule has 3 rings (SSSR count). The Morgan fingerprint density at radius 1 is 1.21 bits per heavy atom. The van der Waals surface area contributed by atoms with Crippen molar-refractivity contribution in [1.29, 1.82) is 0 Å². The van der Waals surface area contributed by atoms with Crippen LogP contribution in [-0.4, -0.2) is 18.1 Å². The molecular formula is C18H14FNO4. The summed E-state index contributed by atoms with van der Waals surface area (Å²) in [4.78, 5) is 15.8. The predicted octanol–water partition coefficient (Wildman–Crippen LogP) is 3.85. The first kappa shape index (κ1) is 15.7. The summed E-state index contributed by atoms with van der Waals surface area (Å²) < 4.78 is 28.6. The number of aromatic nitrogens is 1. The van der Waals surface area contributed by atoms with E-state index in [1.807, 2.05) is 0 Å². The molecule has 3 aromatic rings. The Morgan fingerprint density at radius 2 is 2.00 bits per heavy atom. The lowest BCUT2D eigenvalue weighted by molar-refractivity contribution is 0.0600. The normalized spacial score (nSPS) is 10.4. The van der Waals surface area contributed by atoms with E-state index in [-0.39, 0.29) is 12.4 Å². The molecule has 122 valence electrons. The number of rotatable bonds is 5. The predicted molar refractivity (Wildman–Crippen MR) is 84.0 cm³/mol. The second-order valence-corrected chi connectivity index (χ2v) is 4.96. The number of ether oxygens (including phenoxy) is 2. The summed E-state index contributed by atoms with van der Waals surface area (Å²) in [5, 5.41) is 0. The van der Waals surface area contributed by atoms with Crippen molar-refractivity contribution >= 4 is 5.97 Å². The van der Waals surface area contributed by atoms with Crippen LogP contribution in [0, 0.1) is 5.82 Å². The van der Waals surface area contributed by atoms with Crippen LogP contribution in [0.5, 0.6) is 5.75 Å². The van der Waals surface area contributed by atoms with Crippen LogP contribution in [0.15, 0.2) is 59.2 Å². The molecule has 0 radical (unpaired) electrons. The van der Waals surface area contributed by atoms with Crippen LogP contribution in [0.2, 0.25) is 0 Å². The molecule has 24 heavy (non-hydrogen) atoms. The average molecular weight is 327 g/mol. The lowest BCUT2D eigenvalue weighted by atomic mass is 10.2. The fourth-order valence-electron chi connectivity index (χ4n) is 2.09. The second-order valence-electron chi connectivity index (χ2n) is 4.96. The van der Waals surface area contributed by atoms with E-state index in [0.717, 1.165) is 0 Å². The van der Waals surface area contributed by atoms with Crippen molar-refractivity contribution in [2.75, 3.05) is 7.11 Å². The van der Waals surface area contributed by atoms with Gasteiger partial charge < -0.3 is 13.9 Å². The van der Waals surface area contributed by atoms with Gasteiger partial charge in [0.2, 0.25) is 5.89 Å². The molecule has 0 aliphatic rings. The van der Waals surface area contributed by atoms with Gasteiger partial charge in [0.05, 0.1) is 12.7 Å². The number of hydrogen-bond acceptors (Lipinski definition) is 5. The summed E-state index contributed by atoms with van der Waals surface area (Å²) in [6.07, 6.45) is 1.48. The molecule has 0 atom stereocenters. The van der Waals surface area contributed by atoms with Crippen LogP contribution in [0.25, 0.3) is 11.5 Å². The number of carbonyl (C=O) groups excluding carboxylic acids is 1. The first-order valence-electron chi connectivity index (χ1n) is 7.17. The third-order valence-electron chi connectivity index (χ3n) is 3.28. The minimum Gasteiger partial charge on any atom is -0.487 e. The molecule has 5 nitrogen and oxygen atoms in total. The van der Waals surface area contributed by atoms with Gasteiger partial charge in [-0.15, -0.1) is 0 Å². The first-order valence-corrected chi connectivity index (χ1v) is 7.17. The molecule has 0 aliphatic heterocycles. The average Bonchev–Trinajstić information content (AvgIpc) is 3.09. The maximum Gasteiger partial charge on any atom is 0.337 e. The quantitative estimate of drug-likeness (QED) is 0.666. The summed E-state index contributed by atoms with van der Waals surface area (Å²) in [6.45, 7) is 0.176. The maximum atomic E-state index is 12.9. The maximum absolute atomic E-state index is 12.9. The smallest absolute Gasteiger partial charge is 0.337 e. The molecule has 1 heterocycles. The molecule has 2 aromatic carbocycles. The van der Waals surface area contributed by atoms with E-state index in [9.17, 15) is 9.18 Å². The van der Waals surface area contributed by atoms with Crippen molar-refractivity contribution in [3.8, 4) is 17.2 Å². The molecule has 0 N–H and O–H groups in total. The van der Waals surface area contributed by atoms with E-state index in [1.165, 1.54) is 25.5 Å². The molecule has 0 fully saturated rings. The molecule has 1 aromatic heterocycles. The number of oxazole rings is 1. The summed E-state index contributed by atoms with van der Waals surface area (Å²) in [7, 11) is 1.32. The van der Waals surface area contributed by atoms with Gasteiger partial charge in [-0.05, 0) is 42.5 Å². The van der Waals surface area contributed by atoms with E-state index in [0.29, 0.717) is 28.5 Å². The lowest BCUT2D eigenvalue weighted by Gasteiger charge is -2.05.